The van der Waals surface area contributed by atoms with Gasteiger partial charge in [0.05, 0.1) is 0 Å². The molecule has 0 saturated heterocycles. The molecule has 4 aromatic rings. The highest BCUT2D eigenvalue weighted by Gasteiger charge is 2.20. The van der Waals surface area contributed by atoms with E-state index >= 15 is 0 Å². The zero-order valence-corrected chi connectivity index (χ0v) is 14.5. The number of hydrogen-bond acceptors (Lipinski definition) is 3. The van der Waals surface area contributed by atoms with Gasteiger partial charge in [-0.15, -0.1) is 0 Å². The van der Waals surface area contributed by atoms with E-state index in [1.54, 1.807) is 36.4 Å². The van der Waals surface area contributed by atoms with Crippen molar-refractivity contribution in [1.29, 1.82) is 0 Å². The lowest BCUT2D eigenvalue weighted by Gasteiger charge is -2.08. The molecule has 3 nitrogen and oxygen atoms in total. The van der Waals surface area contributed by atoms with Crippen LogP contribution in [0.2, 0.25) is 0 Å². The van der Waals surface area contributed by atoms with E-state index in [2.05, 4.69) is 0 Å². The first-order valence-corrected chi connectivity index (χ1v) is 8.63. The summed E-state index contributed by atoms with van der Waals surface area (Å²) in [5, 5.41) is 0.726. The molecule has 0 aliphatic rings. The summed E-state index contributed by atoms with van der Waals surface area (Å²) in [5.41, 5.74) is 1.88. The van der Waals surface area contributed by atoms with Crippen LogP contribution in [-0.4, -0.2) is 5.78 Å². The van der Waals surface area contributed by atoms with E-state index in [4.69, 9.17) is 4.42 Å². The van der Waals surface area contributed by atoms with Crippen LogP contribution in [0.4, 0.5) is 0 Å². The minimum Gasteiger partial charge on any atom is -0.422 e. The smallest absolute Gasteiger partial charge is 0.348 e. The van der Waals surface area contributed by atoms with Gasteiger partial charge in [0.15, 0.2) is 0 Å². The van der Waals surface area contributed by atoms with Crippen molar-refractivity contribution >= 4 is 28.9 Å². The molecule has 3 aromatic carbocycles. The van der Waals surface area contributed by atoms with E-state index in [9.17, 15) is 9.59 Å². The average molecular weight is 352 g/mol. The normalized spacial score (nSPS) is 11.1. The summed E-state index contributed by atoms with van der Waals surface area (Å²) in [4.78, 5) is 25.7. The Kier molecular flexibility index (Phi) is 4.50. The zero-order chi connectivity index (χ0) is 18.6. The molecule has 27 heavy (non-hydrogen) atoms. The van der Waals surface area contributed by atoms with E-state index < -0.39 is 5.63 Å². The van der Waals surface area contributed by atoms with Gasteiger partial charge in [0.2, 0.25) is 5.78 Å². The predicted molar refractivity (Wildman–Crippen MR) is 108 cm³/mol. The Bertz CT molecular complexity index is 1190. The van der Waals surface area contributed by atoms with Crippen LogP contribution in [-0.2, 0) is 0 Å². The van der Waals surface area contributed by atoms with Crippen LogP contribution in [0.15, 0.2) is 94.1 Å². The van der Waals surface area contributed by atoms with E-state index in [0.29, 0.717) is 16.7 Å². The van der Waals surface area contributed by atoms with Crippen LogP contribution in [0.25, 0.3) is 23.1 Å². The molecule has 0 spiro atoms. The summed E-state index contributed by atoms with van der Waals surface area (Å²) in [5.74, 6) is -0.345. The van der Waals surface area contributed by atoms with Gasteiger partial charge in [-0.05, 0) is 11.6 Å². The first kappa shape index (κ1) is 16.7. The van der Waals surface area contributed by atoms with Gasteiger partial charge in [-0.3, -0.25) is 4.79 Å². The molecule has 0 fully saturated rings. The molecule has 0 atom stereocenters. The SMILES string of the molecule is O=C(c1ccccc1)c1c(/C=C/c2ccccc2)c2ccccc2oc1=O. The van der Waals surface area contributed by atoms with Crippen molar-refractivity contribution in [2.75, 3.05) is 0 Å². The molecule has 0 aliphatic heterocycles. The Morgan fingerprint density at radius 3 is 2.11 bits per heavy atom. The summed E-state index contributed by atoms with van der Waals surface area (Å²) in [7, 11) is 0. The summed E-state index contributed by atoms with van der Waals surface area (Å²) in [6.45, 7) is 0. The molecule has 0 unspecified atom stereocenters. The minimum atomic E-state index is -0.629. The Morgan fingerprint density at radius 2 is 1.37 bits per heavy atom. The molecule has 0 radical (unpaired) electrons. The lowest BCUT2D eigenvalue weighted by Crippen LogP contribution is -2.17. The number of hydrogen-bond donors (Lipinski definition) is 0. The van der Waals surface area contributed by atoms with Gasteiger partial charge in [0, 0.05) is 16.5 Å². The summed E-state index contributed by atoms with van der Waals surface area (Å²) < 4.78 is 5.42. The van der Waals surface area contributed by atoms with Gasteiger partial charge in [0.1, 0.15) is 11.1 Å². The minimum absolute atomic E-state index is 0.0482. The van der Waals surface area contributed by atoms with Crippen LogP contribution >= 0.6 is 0 Å². The van der Waals surface area contributed by atoms with Gasteiger partial charge in [-0.2, -0.15) is 0 Å². The molecular weight excluding hydrogens is 336 g/mol. The first-order valence-electron chi connectivity index (χ1n) is 8.63. The van der Waals surface area contributed by atoms with Crippen molar-refractivity contribution in [2.24, 2.45) is 0 Å². The average Bonchev–Trinajstić information content (AvgIpc) is 2.72. The maximum absolute atomic E-state index is 13.0. The number of benzene rings is 3. The third-order valence-electron chi connectivity index (χ3n) is 4.36. The van der Waals surface area contributed by atoms with Crippen molar-refractivity contribution < 1.29 is 9.21 Å². The lowest BCUT2D eigenvalue weighted by molar-refractivity contribution is 0.103. The van der Waals surface area contributed by atoms with E-state index in [-0.39, 0.29) is 11.3 Å². The maximum Gasteiger partial charge on any atom is 0.348 e. The highest BCUT2D eigenvalue weighted by Crippen LogP contribution is 2.24. The van der Waals surface area contributed by atoms with Crippen LogP contribution in [0.5, 0.6) is 0 Å². The maximum atomic E-state index is 13.0. The number of rotatable bonds is 4. The Hall–Kier alpha value is -3.72. The molecule has 0 saturated carbocycles. The largest absolute Gasteiger partial charge is 0.422 e. The van der Waals surface area contributed by atoms with Gasteiger partial charge >= 0.3 is 5.63 Å². The van der Waals surface area contributed by atoms with Crippen molar-refractivity contribution in [3.8, 4) is 0 Å². The van der Waals surface area contributed by atoms with E-state index in [1.165, 1.54) is 0 Å². The molecule has 1 aromatic heterocycles. The summed E-state index contributed by atoms with van der Waals surface area (Å²) in [6.07, 6.45) is 3.70. The number of para-hydroxylation sites is 1. The second kappa shape index (κ2) is 7.26. The molecule has 1 heterocycles. The topological polar surface area (TPSA) is 47.3 Å². The summed E-state index contributed by atoms with van der Waals surface area (Å²) >= 11 is 0. The van der Waals surface area contributed by atoms with E-state index in [1.807, 2.05) is 60.7 Å². The van der Waals surface area contributed by atoms with E-state index in [0.717, 1.165) is 10.9 Å². The first-order chi connectivity index (χ1) is 13.2. The fraction of sp³-hybridized carbons (Fsp3) is 0. The van der Waals surface area contributed by atoms with Gasteiger partial charge in [-0.25, -0.2) is 4.79 Å². The molecule has 130 valence electrons. The second-order valence-corrected chi connectivity index (χ2v) is 6.11. The van der Waals surface area contributed by atoms with Crippen LogP contribution in [0, 0.1) is 0 Å². The number of fused-ring (bicyclic) bond motifs is 1. The van der Waals surface area contributed by atoms with Crippen LogP contribution < -0.4 is 5.63 Å². The molecule has 0 bridgehead atoms. The molecule has 0 aliphatic carbocycles. The number of carbonyl (C=O) groups is 1. The lowest BCUT2D eigenvalue weighted by atomic mass is 9.96. The third-order valence-corrected chi connectivity index (χ3v) is 4.36. The Labute approximate surface area is 156 Å². The van der Waals surface area contributed by atoms with Crippen molar-refractivity contribution in [2.45, 2.75) is 0 Å². The number of carbonyl (C=O) groups excluding carboxylic acids is 1. The fourth-order valence-electron chi connectivity index (χ4n) is 3.04. The van der Waals surface area contributed by atoms with Gasteiger partial charge in [-0.1, -0.05) is 91.0 Å². The Balaban J connectivity index is 1.95. The molecule has 4 rings (SSSR count). The molecule has 0 N–H and O–H groups in total. The second-order valence-electron chi connectivity index (χ2n) is 6.11. The third kappa shape index (κ3) is 3.35. The van der Waals surface area contributed by atoms with Gasteiger partial charge < -0.3 is 4.42 Å². The van der Waals surface area contributed by atoms with Crippen LogP contribution in [0.1, 0.15) is 27.0 Å². The quantitative estimate of drug-likeness (QED) is 0.375. The van der Waals surface area contributed by atoms with Crippen LogP contribution in [0.3, 0.4) is 0 Å². The van der Waals surface area contributed by atoms with Crippen molar-refractivity contribution in [3.05, 3.63) is 118 Å². The monoisotopic (exact) mass is 352 g/mol. The van der Waals surface area contributed by atoms with Crippen molar-refractivity contribution in [3.63, 3.8) is 0 Å². The zero-order valence-electron chi connectivity index (χ0n) is 14.5. The highest BCUT2D eigenvalue weighted by atomic mass is 16.4. The van der Waals surface area contributed by atoms with Gasteiger partial charge in [0.25, 0.3) is 0 Å². The molecule has 3 heteroatoms. The van der Waals surface area contributed by atoms with Crippen molar-refractivity contribution in [1.82, 2.24) is 0 Å². The molecular formula is C24H16O3. The Morgan fingerprint density at radius 1 is 0.741 bits per heavy atom. The molecule has 0 amide bonds. The fourth-order valence-corrected chi connectivity index (χ4v) is 3.04. The number of ketones is 1. The standard InChI is InChI=1S/C24H16O3/c25-23(18-11-5-2-6-12-18)22-20(16-15-17-9-3-1-4-10-17)19-13-7-8-14-21(19)27-24(22)26/h1-16H/b16-15+. The summed E-state index contributed by atoms with van der Waals surface area (Å²) in [6, 6.07) is 25.7. The highest BCUT2D eigenvalue weighted by molar-refractivity contribution is 6.13. The predicted octanol–water partition coefficient (Wildman–Crippen LogP) is 5.19.